The Morgan fingerprint density at radius 1 is 1.29 bits per heavy atom. The van der Waals surface area contributed by atoms with Crippen LogP contribution in [0.1, 0.15) is 40.0 Å². The van der Waals surface area contributed by atoms with E-state index in [1.165, 1.54) is 32.4 Å². The second-order valence-corrected chi connectivity index (χ2v) is 5.42. The van der Waals surface area contributed by atoms with Gasteiger partial charge in [-0.1, -0.05) is 6.92 Å². The van der Waals surface area contributed by atoms with E-state index in [1.54, 1.807) is 0 Å². The fourth-order valence-corrected chi connectivity index (χ4v) is 2.79. The van der Waals surface area contributed by atoms with E-state index >= 15 is 0 Å². The Morgan fingerprint density at radius 2 is 2.00 bits per heavy atom. The fraction of sp³-hybridized carbons (Fsp3) is 1.00. The lowest BCUT2D eigenvalue weighted by molar-refractivity contribution is 0.127. The van der Waals surface area contributed by atoms with Crippen LogP contribution >= 0.6 is 0 Å². The monoisotopic (exact) mass is 196 g/mol. The van der Waals surface area contributed by atoms with Crippen molar-refractivity contribution in [2.24, 2.45) is 5.92 Å². The van der Waals surface area contributed by atoms with Gasteiger partial charge in [0.1, 0.15) is 0 Å². The summed E-state index contributed by atoms with van der Waals surface area (Å²) in [6.45, 7) is 10.7. The lowest BCUT2D eigenvalue weighted by Crippen LogP contribution is -2.45. The molecule has 0 bridgehead atoms. The van der Waals surface area contributed by atoms with Crippen LogP contribution in [-0.4, -0.2) is 36.1 Å². The third kappa shape index (κ3) is 1.96. The van der Waals surface area contributed by atoms with Gasteiger partial charge in [0.05, 0.1) is 0 Å². The zero-order valence-electron chi connectivity index (χ0n) is 9.84. The Bertz CT molecular complexity index is 196. The van der Waals surface area contributed by atoms with Crippen LogP contribution in [0.15, 0.2) is 0 Å². The van der Waals surface area contributed by atoms with Crippen molar-refractivity contribution in [2.75, 3.05) is 19.6 Å². The summed E-state index contributed by atoms with van der Waals surface area (Å²) in [5.41, 5.74) is 0.462. The quantitative estimate of drug-likeness (QED) is 0.738. The van der Waals surface area contributed by atoms with Gasteiger partial charge in [0.15, 0.2) is 0 Å². The zero-order valence-corrected chi connectivity index (χ0v) is 9.84. The second-order valence-electron chi connectivity index (χ2n) is 5.42. The predicted molar refractivity (Wildman–Crippen MR) is 60.5 cm³/mol. The van der Waals surface area contributed by atoms with Gasteiger partial charge in [-0.25, -0.2) is 0 Å². The first-order valence-corrected chi connectivity index (χ1v) is 6.13. The molecule has 0 spiro atoms. The highest BCUT2D eigenvalue weighted by Crippen LogP contribution is 2.43. The number of likely N-dealkylation sites (N-methyl/N-ethyl adjacent to an activating group) is 1. The number of nitrogens with one attached hydrogen (secondary N) is 1. The van der Waals surface area contributed by atoms with Crippen molar-refractivity contribution in [1.82, 2.24) is 10.2 Å². The van der Waals surface area contributed by atoms with E-state index in [4.69, 9.17) is 0 Å². The van der Waals surface area contributed by atoms with E-state index in [1.807, 2.05) is 0 Å². The van der Waals surface area contributed by atoms with Crippen molar-refractivity contribution < 1.29 is 0 Å². The predicted octanol–water partition coefficient (Wildman–Crippen LogP) is 1.86. The number of rotatable bonds is 4. The molecule has 1 atom stereocenters. The lowest BCUT2D eigenvalue weighted by atomic mass is 9.97. The van der Waals surface area contributed by atoms with Gasteiger partial charge in [0.2, 0.25) is 0 Å². The topological polar surface area (TPSA) is 15.3 Å². The third-order valence-electron chi connectivity index (χ3n) is 4.07. The van der Waals surface area contributed by atoms with Gasteiger partial charge in [-0.3, -0.25) is 4.90 Å². The van der Waals surface area contributed by atoms with Gasteiger partial charge in [0.25, 0.3) is 0 Å². The van der Waals surface area contributed by atoms with Crippen LogP contribution < -0.4 is 5.32 Å². The molecule has 1 N–H and O–H groups in total. The Labute approximate surface area is 88.1 Å². The summed E-state index contributed by atoms with van der Waals surface area (Å²) in [5.74, 6) is 0.975. The van der Waals surface area contributed by atoms with E-state index < -0.39 is 0 Å². The van der Waals surface area contributed by atoms with Gasteiger partial charge in [-0.05, 0) is 45.6 Å². The normalized spacial score (nSPS) is 29.8. The van der Waals surface area contributed by atoms with Crippen molar-refractivity contribution in [3.05, 3.63) is 0 Å². The van der Waals surface area contributed by atoms with E-state index in [-0.39, 0.29) is 0 Å². The molecule has 0 aromatic heterocycles. The van der Waals surface area contributed by atoms with E-state index in [0.29, 0.717) is 5.54 Å². The summed E-state index contributed by atoms with van der Waals surface area (Å²) in [7, 11) is 0. The molecule has 14 heavy (non-hydrogen) atoms. The molecule has 0 amide bonds. The van der Waals surface area contributed by atoms with Crippen LogP contribution in [0.5, 0.6) is 0 Å². The minimum absolute atomic E-state index is 0.462. The first-order chi connectivity index (χ1) is 6.64. The Hall–Kier alpha value is -0.0800. The molecular weight excluding hydrogens is 172 g/mol. The Morgan fingerprint density at radius 3 is 2.57 bits per heavy atom. The van der Waals surface area contributed by atoms with Crippen molar-refractivity contribution in [3.63, 3.8) is 0 Å². The van der Waals surface area contributed by atoms with Crippen molar-refractivity contribution in [1.29, 1.82) is 0 Å². The van der Waals surface area contributed by atoms with Crippen molar-refractivity contribution in [2.45, 2.75) is 51.6 Å². The number of likely N-dealkylation sites (tertiary alicyclic amines) is 1. The third-order valence-corrected chi connectivity index (χ3v) is 4.07. The maximum absolute atomic E-state index is 3.56. The van der Waals surface area contributed by atoms with Crippen LogP contribution in [0.4, 0.5) is 0 Å². The van der Waals surface area contributed by atoms with Crippen LogP contribution in [-0.2, 0) is 0 Å². The molecule has 1 saturated heterocycles. The first kappa shape index (κ1) is 10.4. The highest BCUT2D eigenvalue weighted by atomic mass is 15.2. The SMILES string of the molecule is CCNC1CCN(C(C)(C)C2CC2)C1. The lowest BCUT2D eigenvalue weighted by Gasteiger charge is -2.36. The molecule has 2 aliphatic rings. The maximum Gasteiger partial charge on any atom is 0.0207 e. The summed E-state index contributed by atoms with van der Waals surface area (Å²) < 4.78 is 0. The minimum Gasteiger partial charge on any atom is -0.313 e. The average molecular weight is 196 g/mol. The molecule has 0 radical (unpaired) electrons. The summed E-state index contributed by atoms with van der Waals surface area (Å²) in [6, 6.07) is 0.748. The summed E-state index contributed by atoms with van der Waals surface area (Å²) in [5, 5.41) is 3.56. The first-order valence-electron chi connectivity index (χ1n) is 6.13. The molecule has 1 aliphatic carbocycles. The van der Waals surface area contributed by atoms with Crippen LogP contribution in [0.3, 0.4) is 0 Å². The van der Waals surface area contributed by atoms with Crippen LogP contribution in [0, 0.1) is 5.92 Å². The molecule has 1 unspecified atom stereocenters. The second kappa shape index (κ2) is 3.82. The van der Waals surface area contributed by atoms with E-state index in [0.717, 1.165) is 18.5 Å². The number of hydrogen-bond donors (Lipinski definition) is 1. The molecule has 2 nitrogen and oxygen atoms in total. The average Bonchev–Trinajstić information content (AvgIpc) is 2.89. The van der Waals surface area contributed by atoms with E-state index in [2.05, 4.69) is 31.0 Å². The smallest absolute Gasteiger partial charge is 0.0207 e. The highest BCUT2D eigenvalue weighted by molar-refractivity contribution is 4.99. The highest BCUT2D eigenvalue weighted by Gasteiger charge is 2.43. The van der Waals surface area contributed by atoms with Gasteiger partial charge in [0, 0.05) is 24.7 Å². The number of hydrogen-bond acceptors (Lipinski definition) is 2. The molecule has 2 heteroatoms. The summed E-state index contributed by atoms with van der Waals surface area (Å²) >= 11 is 0. The minimum atomic E-state index is 0.462. The maximum atomic E-state index is 3.56. The van der Waals surface area contributed by atoms with Gasteiger partial charge in [-0.15, -0.1) is 0 Å². The molecule has 0 aromatic carbocycles. The van der Waals surface area contributed by atoms with Crippen molar-refractivity contribution in [3.8, 4) is 0 Å². The molecule has 1 aliphatic heterocycles. The molecule has 2 fully saturated rings. The standard InChI is InChI=1S/C12H24N2/c1-4-13-11-7-8-14(9-11)12(2,3)10-5-6-10/h10-11,13H,4-9H2,1-3H3. The molecule has 82 valence electrons. The number of nitrogens with zero attached hydrogens (tertiary/aromatic N) is 1. The zero-order chi connectivity index (χ0) is 10.2. The molecule has 0 aromatic rings. The van der Waals surface area contributed by atoms with Crippen LogP contribution in [0.2, 0.25) is 0 Å². The van der Waals surface area contributed by atoms with Crippen LogP contribution in [0.25, 0.3) is 0 Å². The largest absolute Gasteiger partial charge is 0.313 e. The van der Waals surface area contributed by atoms with E-state index in [9.17, 15) is 0 Å². The molecule has 2 rings (SSSR count). The Balaban J connectivity index is 1.87. The summed E-state index contributed by atoms with van der Waals surface area (Å²) in [6.07, 6.45) is 4.24. The van der Waals surface area contributed by atoms with Crippen molar-refractivity contribution >= 4 is 0 Å². The van der Waals surface area contributed by atoms with Gasteiger partial charge in [-0.2, -0.15) is 0 Å². The van der Waals surface area contributed by atoms with Gasteiger partial charge >= 0.3 is 0 Å². The molecule has 1 heterocycles. The Kier molecular flexibility index (Phi) is 2.85. The summed E-state index contributed by atoms with van der Waals surface area (Å²) in [4.78, 5) is 2.69. The fourth-order valence-electron chi connectivity index (χ4n) is 2.79. The molecule has 1 saturated carbocycles. The molecular formula is C12H24N2. The van der Waals surface area contributed by atoms with Gasteiger partial charge < -0.3 is 5.32 Å².